The van der Waals surface area contributed by atoms with Crippen LogP contribution in [0, 0.1) is 5.92 Å². The van der Waals surface area contributed by atoms with Crippen molar-refractivity contribution in [1.82, 2.24) is 9.97 Å². The second-order valence-electron chi connectivity index (χ2n) is 6.98. The summed E-state index contributed by atoms with van der Waals surface area (Å²) in [7, 11) is 0. The molecule has 0 spiro atoms. The number of benzene rings is 1. The molecule has 0 saturated heterocycles. The van der Waals surface area contributed by atoms with E-state index in [1.54, 1.807) is 12.4 Å². The molecule has 3 heterocycles. The normalized spacial score (nSPS) is 17.0. The standard InChI is InChI=1S/C20H20N4O/c25-20(17-11-15-12-21-8-7-16(15)22-17)24-10-9-23(13-14-5-6-14)18-3-1-2-4-19(18)24/h1-4,7-8,11-12,14,22H,5-6,9-10,13H2. The van der Waals surface area contributed by atoms with Gasteiger partial charge in [0.2, 0.25) is 0 Å². The topological polar surface area (TPSA) is 52.2 Å². The maximum Gasteiger partial charge on any atom is 0.274 e. The Bertz CT molecular complexity index is 911. The second-order valence-corrected chi connectivity index (χ2v) is 6.98. The Morgan fingerprint density at radius 1 is 1.16 bits per heavy atom. The van der Waals surface area contributed by atoms with E-state index in [2.05, 4.69) is 33.1 Å². The van der Waals surface area contributed by atoms with Crippen molar-refractivity contribution in [2.75, 3.05) is 29.4 Å². The van der Waals surface area contributed by atoms with Gasteiger partial charge < -0.3 is 14.8 Å². The minimum Gasteiger partial charge on any atom is -0.368 e. The van der Waals surface area contributed by atoms with Gasteiger partial charge in [0.1, 0.15) is 5.69 Å². The molecule has 1 aliphatic carbocycles. The number of amides is 1. The molecule has 5 heteroatoms. The van der Waals surface area contributed by atoms with Crippen LogP contribution in [0.25, 0.3) is 10.9 Å². The second kappa shape index (κ2) is 5.62. The summed E-state index contributed by atoms with van der Waals surface area (Å²) in [5, 5.41) is 0.964. The number of fused-ring (bicyclic) bond motifs is 2. The van der Waals surface area contributed by atoms with E-state index in [-0.39, 0.29) is 5.91 Å². The highest BCUT2D eigenvalue weighted by molar-refractivity contribution is 6.09. The first-order chi connectivity index (χ1) is 12.3. The lowest BCUT2D eigenvalue weighted by Crippen LogP contribution is -2.44. The molecule has 1 amide bonds. The minimum absolute atomic E-state index is 0.0229. The summed E-state index contributed by atoms with van der Waals surface area (Å²) in [4.78, 5) is 24.8. The van der Waals surface area contributed by atoms with Crippen LogP contribution in [0.3, 0.4) is 0 Å². The Kier molecular flexibility index (Phi) is 3.26. The van der Waals surface area contributed by atoms with Crippen molar-refractivity contribution in [2.45, 2.75) is 12.8 Å². The summed E-state index contributed by atoms with van der Waals surface area (Å²) in [6.07, 6.45) is 6.19. The number of hydrogen-bond donors (Lipinski definition) is 1. The molecule has 1 aliphatic heterocycles. The van der Waals surface area contributed by atoms with Gasteiger partial charge in [-0.25, -0.2) is 0 Å². The van der Waals surface area contributed by atoms with E-state index in [0.717, 1.165) is 42.1 Å². The van der Waals surface area contributed by atoms with Crippen LogP contribution >= 0.6 is 0 Å². The van der Waals surface area contributed by atoms with E-state index in [9.17, 15) is 4.79 Å². The molecule has 1 N–H and O–H groups in total. The highest BCUT2D eigenvalue weighted by Crippen LogP contribution is 2.37. The Morgan fingerprint density at radius 2 is 2.00 bits per heavy atom. The molecule has 2 aliphatic rings. The van der Waals surface area contributed by atoms with Crippen LogP contribution in [0.1, 0.15) is 23.3 Å². The third-order valence-electron chi connectivity index (χ3n) is 5.18. The predicted octanol–water partition coefficient (Wildman–Crippen LogP) is 3.44. The maximum atomic E-state index is 13.1. The number of hydrogen-bond acceptors (Lipinski definition) is 3. The van der Waals surface area contributed by atoms with Crippen molar-refractivity contribution in [3.05, 3.63) is 54.5 Å². The molecule has 5 nitrogen and oxygen atoms in total. The van der Waals surface area contributed by atoms with Crippen molar-refractivity contribution in [1.29, 1.82) is 0 Å². The fraction of sp³-hybridized carbons (Fsp3) is 0.300. The molecule has 126 valence electrons. The Hall–Kier alpha value is -2.82. The summed E-state index contributed by atoms with van der Waals surface area (Å²) >= 11 is 0. The Morgan fingerprint density at radius 3 is 2.80 bits per heavy atom. The van der Waals surface area contributed by atoms with E-state index in [4.69, 9.17) is 0 Å². The van der Waals surface area contributed by atoms with Gasteiger partial charge in [0, 0.05) is 42.9 Å². The predicted molar refractivity (Wildman–Crippen MR) is 99.1 cm³/mol. The zero-order chi connectivity index (χ0) is 16.8. The summed E-state index contributed by atoms with van der Waals surface area (Å²) in [6, 6.07) is 12.0. The van der Waals surface area contributed by atoms with Crippen molar-refractivity contribution >= 4 is 28.2 Å². The van der Waals surface area contributed by atoms with Gasteiger partial charge in [-0.3, -0.25) is 9.78 Å². The summed E-state index contributed by atoms with van der Waals surface area (Å²) in [5.41, 5.74) is 3.75. The van der Waals surface area contributed by atoms with Gasteiger partial charge in [0.25, 0.3) is 5.91 Å². The van der Waals surface area contributed by atoms with E-state index >= 15 is 0 Å². The first-order valence-corrected chi connectivity index (χ1v) is 8.88. The van der Waals surface area contributed by atoms with Crippen LogP contribution in [-0.4, -0.2) is 35.5 Å². The zero-order valence-electron chi connectivity index (χ0n) is 14.0. The van der Waals surface area contributed by atoms with Crippen molar-refractivity contribution in [3.8, 4) is 0 Å². The van der Waals surface area contributed by atoms with E-state index in [0.29, 0.717) is 5.69 Å². The molecule has 0 unspecified atom stereocenters. The molecular formula is C20H20N4O. The van der Waals surface area contributed by atoms with Gasteiger partial charge in [-0.1, -0.05) is 12.1 Å². The Balaban J connectivity index is 1.49. The molecule has 0 bridgehead atoms. The number of carbonyl (C=O) groups is 1. The van der Waals surface area contributed by atoms with Gasteiger partial charge in [-0.05, 0) is 43.0 Å². The Labute approximate surface area is 146 Å². The summed E-state index contributed by atoms with van der Waals surface area (Å²) < 4.78 is 0. The van der Waals surface area contributed by atoms with Crippen molar-refractivity contribution in [2.24, 2.45) is 5.92 Å². The minimum atomic E-state index is 0.0229. The third kappa shape index (κ3) is 2.56. The number of aromatic nitrogens is 2. The number of rotatable bonds is 3. The molecule has 2 aromatic heterocycles. The van der Waals surface area contributed by atoms with Crippen LogP contribution in [0.15, 0.2) is 48.8 Å². The quantitative estimate of drug-likeness (QED) is 0.799. The highest BCUT2D eigenvalue weighted by Gasteiger charge is 2.31. The lowest BCUT2D eigenvalue weighted by molar-refractivity contribution is 0.0982. The number of nitrogens with zero attached hydrogens (tertiary/aromatic N) is 3. The average molecular weight is 332 g/mol. The molecule has 1 fully saturated rings. The van der Waals surface area contributed by atoms with Gasteiger partial charge in [0.05, 0.1) is 11.4 Å². The molecule has 5 rings (SSSR count). The number of aromatic amines is 1. The van der Waals surface area contributed by atoms with Gasteiger partial charge in [0.15, 0.2) is 0 Å². The third-order valence-corrected chi connectivity index (χ3v) is 5.18. The SMILES string of the molecule is O=C(c1cc2cnccc2[nH]1)N1CCN(CC2CC2)c2ccccc21. The number of para-hydroxylation sites is 2. The fourth-order valence-electron chi connectivity index (χ4n) is 3.67. The molecule has 0 atom stereocenters. The van der Waals surface area contributed by atoms with Crippen LogP contribution in [-0.2, 0) is 0 Å². The van der Waals surface area contributed by atoms with Crippen LogP contribution in [0.5, 0.6) is 0 Å². The first kappa shape index (κ1) is 14.5. The fourth-order valence-corrected chi connectivity index (χ4v) is 3.67. The number of H-pyrrole nitrogens is 1. The number of pyridine rings is 1. The van der Waals surface area contributed by atoms with Crippen LogP contribution < -0.4 is 9.80 Å². The first-order valence-electron chi connectivity index (χ1n) is 8.88. The number of anilines is 2. The molecule has 1 saturated carbocycles. The van der Waals surface area contributed by atoms with Gasteiger partial charge >= 0.3 is 0 Å². The zero-order valence-corrected chi connectivity index (χ0v) is 14.0. The van der Waals surface area contributed by atoms with Gasteiger partial charge in [-0.2, -0.15) is 0 Å². The van der Waals surface area contributed by atoms with Crippen LogP contribution in [0.2, 0.25) is 0 Å². The smallest absolute Gasteiger partial charge is 0.274 e. The number of carbonyl (C=O) groups excluding carboxylic acids is 1. The molecule has 3 aromatic rings. The molecule has 1 aromatic carbocycles. The molecule has 0 radical (unpaired) electrons. The lowest BCUT2D eigenvalue weighted by Gasteiger charge is -2.37. The van der Waals surface area contributed by atoms with E-state index in [1.165, 1.54) is 18.5 Å². The maximum absolute atomic E-state index is 13.1. The van der Waals surface area contributed by atoms with E-state index in [1.807, 2.05) is 23.1 Å². The molecular weight excluding hydrogens is 312 g/mol. The van der Waals surface area contributed by atoms with Crippen LogP contribution in [0.4, 0.5) is 11.4 Å². The van der Waals surface area contributed by atoms with Crippen molar-refractivity contribution < 1.29 is 4.79 Å². The average Bonchev–Trinajstić information content (AvgIpc) is 3.36. The lowest BCUT2D eigenvalue weighted by atomic mass is 10.1. The monoisotopic (exact) mass is 332 g/mol. The summed E-state index contributed by atoms with van der Waals surface area (Å²) in [6.45, 7) is 2.72. The summed E-state index contributed by atoms with van der Waals surface area (Å²) in [5.74, 6) is 0.853. The number of nitrogens with one attached hydrogen (secondary N) is 1. The molecule has 25 heavy (non-hydrogen) atoms. The largest absolute Gasteiger partial charge is 0.368 e. The van der Waals surface area contributed by atoms with Gasteiger partial charge in [-0.15, -0.1) is 0 Å². The highest BCUT2D eigenvalue weighted by atomic mass is 16.2. The van der Waals surface area contributed by atoms with E-state index < -0.39 is 0 Å². The van der Waals surface area contributed by atoms with Crippen molar-refractivity contribution in [3.63, 3.8) is 0 Å².